The molecule has 72 valence electrons. The summed E-state index contributed by atoms with van der Waals surface area (Å²) in [5.74, 6) is 0.778. The van der Waals surface area contributed by atoms with Crippen LogP contribution in [0.1, 0.15) is 25.0 Å². The second-order valence-corrected chi connectivity index (χ2v) is 3.94. The summed E-state index contributed by atoms with van der Waals surface area (Å²) in [4.78, 5) is 0. The van der Waals surface area contributed by atoms with Crippen LogP contribution in [0.3, 0.4) is 0 Å². The summed E-state index contributed by atoms with van der Waals surface area (Å²) < 4.78 is 5.55. The van der Waals surface area contributed by atoms with Gasteiger partial charge in [0.1, 0.15) is 5.75 Å². The van der Waals surface area contributed by atoms with Crippen LogP contribution in [0.15, 0.2) is 12.1 Å². The van der Waals surface area contributed by atoms with Gasteiger partial charge in [0, 0.05) is 0 Å². The van der Waals surface area contributed by atoms with Crippen LogP contribution >= 0.6 is 11.6 Å². The van der Waals surface area contributed by atoms with Crippen molar-refractivity contribution in [1.29, 1.82) is 0 Å². The fourth-order valence-corrected chi connectivity index (χ4v) is 1.36. The van der Waals surface area contributed by atoms with E-state index in [0.717, 1.165) is 5.75 Å². The number of benzene rings is 1. The van der Waals surface area contributed by atoms with Gasteiger partial charge in [-0.2, -0.15) is 0 Å². The normalized spacial score (nSPS) is 10.6. The molecule has 0 saturated carbocycles. The van der Waals surface area contributed by atoms with E-state index < -0.39 is 0 Å². The Kier molecular flexibility index (Phi) is 3.21. The van der Waals surface area contributed by atoms with Crippen molar-refractivity contribution in [3.63, 3.8) is 0 Å². The molecule has 0 fully saturated rings. The van der Waals surface area contributed by atoms with Gasteiger partial charge in [0.2, 0.25) is 0 Å². The molecule has 0 aromatic heterocycles. The molecule has 0 aliphatic rings. The van der Waals surface area contributed by atoms with Crippen LogP contribution in [-0.4, -0.2) is 6.10 Å². The van der Waals surface area contributed by atoms with E-state index in [4.69, 9.17) is 16.3 Å². The maximum absolute atomic E-state index is 6.02. The lowest BCUT2D eigenvalue weighted by Gasteiger charge is -2.13. The molecule has 2 heteroatoms. The van der Waals surface area contributed by atoms with Gasteiger partial charge in [-0.1, -0.05) is 11.6 Å². The maximum atomic E-state index is 6.02. The first kappa shape index (κ1) is 10.4. The Morgan fingerprint density at radius 1 is 1.15 bits per heavy atom. The van der Waals surface area contributed by atoms with Crippen molar-refractivity contribution in [3.8, 4) is 5.75 Å². The Labute approximate surface area is 84.7 Å². The Bertz CT molecular complexity index is 305. The first-order chi connectivity index (χ1) is 6.00. The number of hydrogen-bond donors (Lipinski definition) is 0. The fraction of sp³-hybridized carbons (Fsp3) is 0.455. The standard InChI is InChI=1S/C11H15ClO/c1-7(2)13-11-6-9(4)8(3)5-10(11)12/h5-7H,1-4H3. The molecular formula is C11H15ClO. The number of rotatable bonds is 2. The predicted octanol–water partition coefficient (Wildman–Crippen LogP) is 3.74. The third-order valence-electron chi connectivity index (χ3n) is 1.91. The Hall–Kier alpha value is -0.690. The third kappa shape index (κ3) is 2.63. The topological polar surface area (TPSA) is 9.23 Å². The molecular weight excluding hydrogens is 184 g/mol. The monoisotopic (exact) mass is 198 g/mol. The van der Waals surface area contributed by atoms with E-state index in [9.17, 15) is 0 Å². The molecule has 0 unspecified atom stereocenters. The highest BCUT2D eigenvalue weighted by Gasteiger charge is 2.05. The van der Waals surface area contributed by atoms with Crippen LogP contribution in [-0.2, 0) is 0 Å². The minimum Gasteiger partial charge on any atom is -0.489 e. The predicted molar refractivity (Wildman–Crippen MR) is 56.7 cm³/mol. The molecule has 1 aromatic carbocycles. The zero-order valence-corrected chi connectivity index (χ0v) is 9.27. The molecule has 1 rings (SSSR count). The van der Waals surface area contributed by atoms with Crippen LogP contribution in [0.25, 0.3) is 0 Å². The highest BCUT2D eigenvalue weighted by atomic mass is 35.5. The minimum atomic E-state index is 0.166. The van der Waals surface area contributed by atoms with E-state index in [1.807, 2.05) is 32.9 Å². The smallest absolute Gasteiger partial charge is 0.138 e. The van der Waals surface area contributed by atoms with Crippen molar-refractivity contribution in [2.24, 2.45) is 0 Å². The molecule has 0 heterocycles. The molecule has 0 atom stereocenters. The van der Waals surface area contributed by atoms with Crippen LogP contribution in [0.4, 0.5) is 0 Å². The molecule has 0 amide bonds. The van der Waals surface area contributed by atoms with Gasteiger partial charge in [0.25, 0.3) is 0 Å². The fourth-order valence-electron chi connectivity index (χ4n) is 1.10. The van der Waals surface area contributed by atoms with Gasteiger partial charge in [-0.05, 0) is 51.0 Å². The minimum absolute atomic E-state index is 0.166. The highest BCUT2D eigenvalue weighted by Crippen LogP contribution is 2.28. The average molecular weight is 199 g/mol. The van der Waals surface area contributed by atoms with Crippen molar-refractivity contribution in [1.82, 2.24) is 0 Å². The summed E-state index contributed by atoms with van der Waals surface area (Å²) >= 11 is 6.02. The van der Waals surface area contributed by atoms with Crippen molar-refractivity contribution >= 4 is 11.6 Å². The van der Waals surface area contributed by atoms with E-state index in [1.54, 1.807) is 0 Å². The molecule has 0 saturated heterocycles. The zero-order valence-electron chi connectivity index (χ0n) is 8.52. The summed E-state index contributed by atoms with van der Waals surface area (Å²) in [5, 5.41) is 0.691. The first-order valence-electron chi connectivity index (χ1n) is 4.44. The van der Waals surface area contributed by atoms with Gasteiger partial charge in [0.15, 0.2) is 0 Å². The van der Waals surface area contributed by atoms with E-state index in [2.05, 4.69) is 6.92 Å². The number of halogens is 1. The number of ether oxygens (including phenoxy) is 1. The lowest BCUT2D eigenvalue weighted by molar-refractivity contribution is 0.242. The molecule has 0 aliphatic carbocycles. The number of aryl methyl sites for hydroxylation is 2. The molecule has 0 spiro atoms. The SMILES string of the molecule is Cc1cc(Cl)c(OC(C)C)cc1C. The van der Waals surface area contributed by atoms with Gasteiger partial charge in [-0.25, -0.2) is 0 Å². The summed E-state index contributed by atoms with van der Waals surface area (Å²) in [6.07, 6.45) is 0.166. The van der Waals surface area contributed by atoms with Crippen LogP contribution < -0.4 is 4.74 Å². The quantitative estimate of drug-likeness (QED) is 0.704. The molecule has 1 nitrogen and oxygen atoms in total. The lowest BCUT2D eigenvalue weighted by Crippen LogP contribution is -2.06. The van der Waals surface area contributed by atoms with E-state index in [0.29, 0.717) is 5.02 Å². The van der Waals surface area contributed by atoms with E-state index >= 15 is 0 Å². The average Bonchev–Trinajstić information content (AvgIpc) is 1.99. The van der Waals surface area contributed by atoms with Gasteiger partial charge in [-0.15, -0.1) is 0 Å². The maximum Gasteiger partial charge on any atom is 0.138 e. The van der Waals surface area contributed by atoms with E-state index in [1.165, 1.54) is 11.1 Å². The first-order valence-corrected chi connectivity index (χ1v) is 4.82. The highest BCUT2D eigenvalue weighted by molar-refractivity contribution is 6.32. The van der Waals surface area contributed by atoms with E-state index in [-0.39, 0.29) is 6.10 Å². The van der Waals surface area contributed by atoms with Crippen LogP contribution in [0, 0.1) is 13.8 Å². The number of hydrogen-bond acceptors (Lipinski definition) is 1. The Morgan fingerprint density at radius 2 is 1.69 bits per heavy atom. The second-order valence-electron chi connectivity index (χ2n) is 3.53. The van der Waals surface area contributed by atoms with Crippen LogP contribution in [0.5, 0.6) is 5.75 Å². The molecule has 1 aromatic rings. The summed E-state index contributed by atoms with van der Waals surface area (Å²) in [5.41, 5.74) is 2.40. The zero-order chi connectivity index (χ0) is 10.0. The van der Waals surface area contributed by atoms with Gasteiger partial charge in [0.05, 0.1) is 11.1 Å². The summed E-state index contributed by atoms with van der Waals surface area (Å²) in [6, 6.07) is 3.92. The molecule has 0 radical (unpaired) electrons. The van der Waals surface area contributed by atoms with Crippen molar-refractivity contribution < 1.29 is 4.74 Å². The van der Waals surface area contributed by atoms with Gasteiger partial charge < -0.3 is 4.74 Å². The third-order valence-corrected chi connectivity index (χ3v) is 2.21. The van der Waals surface area contributed by atoms with Gasteiger partial charge in [-0.3, -0.25) is 0 Å². The Morgan fingerprint density at radius 3 is 2.23 bits per heavy atom. The van der Waals surface area contributed by atoms with Crippen LogP contribution in [0.2, 0.25) is 5.02 Å². The molecule has 0 N–H and O–H groups in total. The summed E-state index contributed by atoms with van der Waals surface area (Å²) in [7, 11) is 0. The molecule has 13 heavy (non-hydrogen) atoms. The van der Waals surface area contributed by atoms with Crippen molar-refractivity contribution in [2.75, 3.05) is 0 Å². The van der Waals surface area contributed by atoms with Crippen molar-refractivity contribution in [3.05, 3.63) is 28.3 Å². The molecule has 0 bridgehead atoms. The van der Waals surface area contributed by atoms with Gasteiger partial charge >= 0.3 is 0 Å². The second kappa shape index (κ2) is 4.01. The Balaban J connectivity index is 3.01. The molecule has 0 aliphatic heterocycles. The lowest BCUT2D eigenvalue weighted by atomic mass is 10.1. The van der Waals surface area contributed by atoms with Crippen molar-refractivity contribution in [2.45, 2.75) is 33.8 Å². The summed E-state index contributed by atoms with van der Waals surface area (Å²) in [6.45, 7) is 8.08. The largest absolute Gasteiger partial charge is 0.489 e.